The van der Waals surface area contributed by atoms with Crippen LogP contribution in [0, 0.1) is 5.92 Å². The molecule has 1 N–H and O–H groups in total. The van der Waals surface area contributed by atoms with Crippen LogP contribution in [0.2, 0.25) is 0 Å². The zero-order valence-corrected chi connectivity index (χ0v) is 11.5. The van der Waals surface area contributed by atoms with Gasteiger partial charge in [0.1, 0.15) is 0 Å². The van der Waals surface area contributed by atoms with Crippen molar-refractivity contribution in [3.05, 3.63) is 0 Å². The van der Waals surface area contributed by atoms with Crippen molar-refractivity contribution in [1.82, 2.24) is 5.32 Å². The zero-order valence-electron chi connectivity index (χ0n) is 11.5. The quantitative estimate of drug-likeness (QED) is 0.720. The van der Waals surface area contributed by atoms with Crippen LogP contribution < -0.4 is 5.32 Å². The lowest BCUT2D eigenvalue weighted by Crippen LogP contribution is -2.51. The highest BCUT2D eigenvalue weighted by Gasteiger charge is 2.41. The first-order valence-electron chi connectivity index (χ1n) is 6.93. The summed E-state index contributed by atoms with van der Waals surface area (Å²) in [4.78, 5) is 0. The van der Waals surface area contributed by atoms with Crippen LogP contribution in [0.4, 0.5) is 0 Å². The molecule has 1 aliphatic carbocycles. The first kappa shape index (κ1) is 14.0. The summed E-state index contributed by atoms with van der Waals surface area (Å²) in [5.74, 6) is 0.738. The Bertz CT molecular complexity index is 185. The van der Waals surface area contributed by atoms with Gasteiger partial charge in [-0.3, -0.25) is 0 Å². The van der Waals surface area contributed by atoms with Crippen LogP contribution >= 0.6 is 0 Å². The van der Waals surface area contributed by atoms with Gasteiger partial charge in [-0.15, -0.1) is 0 Å². The Morgan fingerprint density at radius 3 is 2.31 bits per heavy atom. The average Bonchev–Trinajstić information content (AvgIpc) is 2.73. The predicted octanol–water partition coefficient (Wildman–Crippen LogP) is 3.36. The highest BCUT2D eigenvalue weighted by molar-refractivity contribution is 4.97. The number of rotatable bonds is 7. The fourth-order valence-electron chi connectivity index (χ4n) is 2.94. The first-order valence-corrected chi connectivity index (χ1v) is 6.93. The van der Waals surface area contributed by atoms with E-state index in [-0.39, 0.29) is 5.60 Å². The molecule has 0 amide bonds. The fraction of sp³-hybridized carbons (Fsp3) is 1.00. The van der Waals surface area contributed by atoms with Gasteiger partial charge in [-0.2, -0.15) is 0 Å². The van der Waals surface area contributed by atoms with Crippen LogP contribution in [0.15, 0.2) is 0 Å². The van der Waals surface area contributed by atoms with Crippen LogP contribution in [-0.2, 0) is 4.74 Å². The number of nitrogens with one attached hydrogen (secondary N) is 1. The maximum Gasteiger partial charge on any atom is 0.0831 e. The molecule has 1 atom stereocenters. The standard InChI is InChI=1S/C14H29NO/c1-5-10-15-13(11-12(2)3)14(16-4)8-6-7-9-14/h12-13,15H,5-11H2,1-4H3. The van der Waals surface area contributed by atoms with Gasteiger partial charge in [0.05, 0.1) is 5.60 Å². The molecular formula is C14H29NO. The second-order valence-corrected chi connectivity index (χ2v) is 5.61. The van der Waals surface area contributed by atoms with E-state index in [1.54, 1.807) is 0 Å². The molecule has 0 aromatic rings. The molecule has 2 nitrogen and oxygen atoms in total. The third kappa shape index (κ3) is 3.46. The minimum absolute atomic E-state index is 0.124. The number of ether oxygens (including phenoxy) is 1. The number of methoxy groups -OCH3 is 1. The molecule has 1 rings (SSSR count). The van der Waals surface area contributed by atoms with E-state index in [4.69, 9.17) is 4.74 Å². The van der Waals surface area contributed by atoms with Crippen LogP contribution in [-0.4, -0.2) is 25.3 Å². The van der Waals surface area contributed by atoms with Gasteiger partial charge < -0.3 is 10.1 Å². The molecule has 2 heteroatoms. The van der Waals surface area contributed by atoms with Crippen molar-refractivity contribution in [1.29, 1.82) is 0 Å². The summed E-state index contributed by atoms with van der Waals surface area (Å²) in [7, 11) is 1.90. The summed E-state index contributed by atoms with van der Waals surface area (Å²) in [6.45, 7) is 7.95. The van der Waals surface area contributed by atoms with Gasteiger partial charge in [0.2, 0.25) is 0 Å². The van der Waals surface area contributed by atoms with E-state index in [1.165, 1.54) is 38.5 Å². The molecule has 0 spiro atoms. The molecule has 1 aliphatic rings. The van der Waals surface area contributed by atoms with E-state index < -0.39 is 0 Å². The van der Waals surface area contributed by atoms with Crippen LogP contribution in [0.25, 0.3) is 0 Å². The largest absolute Gasteiger partial charge is 0.377 e. The van der Waals surface area contributed by atoms with Gasteiger partial charge in [-0.25, -0.2) is 0 Å². The van der Waals surface area contributed by atoms with Crippen molar-refractivity contribution in [2.24, 2.45) is 5.92 Å². The Kier molecular flexibility index (Phi) is 5.77. The number of hydrogen-bond donors (Lipinski definition) is 1. The Hall–Kier alpha value is -0.0800. The summed E-state index contributed by atoms with van der Waals surface area (Å²) in [6, 6.07) is 0.542. The summed E-state index contributed by atoms with van der Waals surface area (Å²) in [5.41, 5.74) is 0.124. The first-order chi connectivity index (χ1) is 7.64. The summed E-state index contributed by atoms with van der Waals surface area (Å²) < 4.78 is 5.90. The van der Waals surface area contributed by atoms with Gasteiger partial charge in [0.25, 0.3) is 0 Å². The maximum atomic E-state index is 5.90. The highest BCUT2D eigenvalue weighted by Crippen LogP contribution is 2.37. The number of hydrogen-bond acceptors (Lipinski definition) is 2. The molecule has 1 unspecified atom stereocenters. The molecule has 0 aliphatic heterocycles. The molecule has 0 saturated heterocycles. The van der Waals surface area contributed by atoms with Gasteiger partial charge >= 0.3 is 0 Å². The smallest absolute Gasteiger partial charge is 0.0831 e. The SMILES string of the molecule is CCCNC(CC(C)C)C1(OC)CCCC1. The maximum absolute atomic E-state index is 5.90. The zero-order chi connectivity index (χ0) is 12.0. The Labute approximate surface area is 101 Å². The van der Waals surface area contributed by atoms with Crippen molar-refractivity contribution in [2.45, 2.75) is 70.9 Å². The van der Waals surface area contributed by atoms with Crippen molar-refractivity contribution in [3.8, 4) is 0 Å². The average molecular weight is 227 g/mol. The lowest BCUT2D eigenvalue weighted by atomic mass is 9.86. The Balaban J connectivity index is 2.63. The second-order valence-electron chi connectivity index (χ2n) is 5.61. The van der Waals surface area contributed by atoms with E-state index in [0.717, 1.165) is 12.5 Å². The normalized spacial score (nSPS) is 21.6. The van der Waals surface area contributed by atoms with E-state index in [1.807, 2.05) is 7.11 Å². The monoisotopic (exact) mass is 227 g/mol. The summed E-state index contributed by atoms with van der Waals surface area (Å²) >= 11 is 0. The molecule has 0 aromatic heterocycles. The molecule has 0 aromatic carbocycles. The van der Waals surface area contributed by atoms with Crippen LogP contribution in [0.1, 0.15) is 59.3 Å². The lowest BCUT2D eigenvalue weighted by Gasteiger charge is -2.38. The van der Waals surface area contributed by atoms with Gasteiger partial charge in [-0.05, 0) is 38.1 Å². The third-order valence-corrected chi connectivity index (χ3v) is 3.84. The van der Waals surface area contributed by atoms with Crippen LogP contribution in [0.5, 0.6) is 0 Å². The predicted molar refractivity (Wildman–Crippen MR) is 69.7 cm³/mol. The van der Waals surface area contributed by atoms with E-state index in [9.17, 15) is 0 Å². The van der Waals surface area contributed by atoms with Crippen LogP contribution in [0.3, 0.4) is 0 Å². The molecule has 1 saturated carbocycles. The van der Waals surface area contributed by atoms with Crippen molar-refractivity contribution in [2.75, 3.05) is 13.7 Å². The molecule has 0 bridgehead atoms. The minimum atomic E-state index is 0.124. The van der Waals surface area contributed by atoms with Crippen molar-refractivity contribution < 1.29 is 4.74 Å². The van der Waals surface area contributed by atoms with Crippen molar-refractivity contribution >= 4 is 0 Å². The topological polar surface area (TPSA) is 21.3 Å². The highest BCUT2D eigenvalue weighted by atomic mass is 16.5. The molecular weight excluding hydrogens is 198 g/mol. The van der Waals surface area contributed by atoms with E-state index in [0.29, 0.717) is 6.04 Å². The minimum Gasteiger partial charge on any atom is -0.377 e. The van der Waals surface area contributed by atoms with Gasteiger partial charge in [-0.1, -0.05) is 33.6 Å². The molecule has 16 heavy (non-hydrogen) atoms. The lowest BCUT2D eigenvalue weighted by molar-refractivity contribution is -0.0406. The third-order valence-electron chi connectivity index (χ3n) is 3.84. The molecule has 0 heterocycles. The molecule has 96 valence electrons. The van der Waals surface area contributed by atoms with Gasteiger partial charge in [0, 0.05) is 13.2 Å². The Morgan fingerprint density at radius 1 is 1.25 bits per heavy atom. The second kappa shape index (κ2) is 6.61. The van der Waals surface area contributed by atoms with E-state index >= 15 is 0 Å². The molecule has 0 radical (unpaired) electrons. The Morgan fingerprint density at radius 2 is 1.88 bits per heavy atom. The van der Waals surface area contributed by atoms with Crippen molar-refractivity contribution in [3.63, 3.8) is 0 Å². The molecule has 1 fully saturated rings. The fourth-order valence-corrected chi connectivity index (χ4v) is 2.94. The van der Waals surface area contributed by atoms with E-state index in [2.05, 4.69) is 26.1 Å². The van der Waals surface area contributed by atoms with Gasteiger partial charge in [0.15, 0.2) is 0 Å². The summed E-state index contributed by atoms with van der Waals surface area (Å²) in [5, 5.41) is 3.71. The summed E-state index contributed by atoms with van der Waals surface area (Å²) in [6.07, 6.45) is 7.56.